The summed E-state index contributed by atoms with van der Waals surface area (Å²) in [6, 6.07) is 13.1. The van der Waals surface area contributed by atoms with E-state index in [2.05, 4.69) is 113 Å². The Hall–Kier alpha value is -1.39. The highest BCUT2D eigenvalue weighted by Crippen LogP contribution is 2.25. The van der Waals surface area contributed by atoms with Crippen LogP contribution in [0.3, 0.4) is 0 Å². The standard InChI is InChI=1S/C35H57N2S2/c1-4-5-6-7-12-15-18-31-38-39-32-19-16-13-10-8-9-11-14-17-28-37-29-26-34(27-30-37)21-20-33-22-24-35(25-23-33)36(2)3/h20-27,29-30H,4-19,28,31-32H2,1-3H3/q+1. The molecule has 0 bridgehead atoms. The Morgan fingerprint density at radius 1 is 0.564 bits per heavy atom. The third-order valence-electron chi connectivity index (χ3n) is 7.35. The summed E-state index contributed by atoms with van der Waals surface area (Å²) in [6.07, 6.45) is 31.4. The van der Waals surface area contributed by atoms with Gasteiger partial charge < -0.3 is 4.90 Å². The normalized spacial score (nSPS) is 11.5. The van der Waals surface area contributed by atoms with Gasteiger partial charge in [-0.3, -0.25) is 0 Å². The van der Waals surface area contributed by atoms with Gasteiger partial charge in [0.15, 0.2) is 12.4 Å². The van der Waals surface area contributed by atoms with Gasteiger partial charge in [-0.25, -0.2) is 4.57 Å². The summed E-state index contributed by atoms with van der Waals surface area (Å²) in [5.41, 5.74) is 3.72. The van der Waals surface area contributed by atoms with Gasteiger partial charge in [-0.1, -0.05) is 130 Å². The Kier molecular flexibility index (Phi) is 20.2. The average Bonchev–Trinajstić information content (AvgIpc) is 2.96. The van der Waals surface area contributed by atoms with Gasteiger partial charge in [-0.2, -0.15) is 0 Å². The fraction of sp³-hybridized carbons (Fsp3) is 0.629. The van der Waals surface area contributed by atoms with E-state index in [9.17, 15) is 0 Å². The van der Waals surface area contributed by atoms with Crippen LogP contribution in [0.1, 0.15) is 121 Å². The molecule has 2 rings (SSSR count). The summed E-state index contributed by atoms with van der Waals surface area (Å²) in [7, 11) is 8.38. The lowest BCUT2D eigenvalue weighted by atomic mass is 10.1. The molecule has 0 saturated carbocycles. The van der Waals surface area contributed by atoms with Crippen LogP contribution in [0.2, 0.25) is 0 Å². The second-order valence-corrected chi connectivity index (χ2v) is 13.8. The topological polar surface area (TPSA) is 7.12 Å². The van der Waals surface area contributed by atoms with Gasteiger partial charge in [-0.05, 0) is 42.5 Å². The number of nitrogens with zero attached hydrogens (tertiary/aromatic N) is 2. The van der Waals surface area contributed by atoms with Gasteiger partial charge >= 0.3 is 0 Å². The highest BCUT2D eigenvalue weighted by atomic mass is 33.1. The molecule has 0 aliphatic heterocycles. The van der Waals surface area contributed by atoms with Crippen LogP contribution in [-0.2, 0) is 6.54 Å². The molecule has 1 heterocycles. The van der Waals surface area contributed by atoms with Gasteiger partial charge in [0, 0.05) is 49.8 Å². The summed E-state index contributed by atoms with van der Waals surface area (Å²) >= 11 is 0. The molecule has 1 aromatic carbocycles. The van der Waals surface area contributed by atoms with E-state index in [4.69, 9.17) is 0 Å². The molecule has 39 heavy (non-hydrogen) atoms. The van der Waals surface area contributed by atoms with E-state index in [0.717, 1.165) is 6.54 Å². The van der Waals surface area contributed by atoms with Gasteiger partial charge in [0.1, 0.15) is 6.54 Å². The second-order valence-electron chi connectivity index (χ2n) is 11.1. The highest BCUT2D eigenvalue weighted by Gasteiger charge is 2.01. The Labute approximate surface area is 249 Å². The smallest absolute Gasteiger partial charge is 0.169 e. The largest absolute Gasteiger partial charge is 0.378 e. The zero-order valence-corrected chi connectivity index (χ0v) is 27.1. The Morgan fingerprint density at radius 3 is 1.49 bits per heavy atom. The number of aromatic nitrogens is 1. The number of rotatable bonds is 24. The third kappa shape index (κ3) is 17.8. The van der Waals surface area contributed by atoms with E-state index in [1.165, 1.54) is 131 Å². The molecule has 0 spiro atoms. The van der Waals surface area contributed by atoms with Gasteiger partial charge in [0.25, 0.3) is 0 Å². The molecule has 0 atom stereocenters. The predicted molar refractivity (Wildman–Crippen MR) is 181 cm³/mol. The van der Waals surface area contributed by atoms with Gasteiger partial charge in [-0.15, -0.1) is 0 Å². The second kappa shape index (κ2) is 23.3. The molecule has 1 aromatic heterocycles. The minimum Gasteiger partial charge on any atom is -0.378 e. The highest BCUT2D eigenvalue weighted by molar-refractivity contribution is 8.76. The summed E-state index contributed by atoms with van der Waals surface area (Å²) in [5.74, 6) is 2.70. The maximum absolute atomic E-state index is 2.33. The van der Waals surface area contributed by atoms with Crippen molar-refractivity contribution in [2.75, 3.05) is 30.5 Å². The molecule has 0 saturated heterocycles. The van der Waals surface area contributed by atoms with Gasteiger partial charge in [0.05, 0.1) is 0 Å². The molecule has 0 radical (unpaired) electrons. The molecule has 0 unspecified atom stereocenters. The number of benzene rings is 1. The van der Waals surface area contributed by atoms with E-state index in [0.29, 0.717) is 0 Å². The first-order valence-electron chi connectivity index (χ1n) is 15.9. The van der Waals surface area contributed by atoms with Crippen molar-refractivity contribution < 1.29 is 4.57 Å². The number of pyridine rings is 1. The molecule has 0 aliphatic rings. The van der Waals surface area contributed by atoms with Crippen LogP contribution in [0.15, 0.2) is 48.8 Å². The van der Waals surface area contributed by atoms with Crippen LogP contribution in [0.5, 0.6) is 0 Å². The molecule has 2 nitrogen and oxygen atoms in total. The number of unbranched alkanes of at least 4 members (excludes halogenated alkanes) is 14. The first-order chi connectivity index (χ1) is 19.2. The van der Waals surface area contributed by atoms with Crippen molar-refractivity contribution in [3.63, 3.8) is 0 Å². The molecule has 218 valence electrons. The molecule has 0 amide bonds. The van der Waals surface area contributed by atoms with Crippen LogP contribution in [0.4, 0.5) is 5.69 Å². The summed E-state index contributed by atoms with van der Waals surface area (Å²) in [5, 5.41) is 0. The first kappa shape index (κ1) is 33.8. The quantitative estimate of drug-likeness (QED) is 0.0705. The minimum absolute atomic E-state index is 1.13. The lowest BCUT2D eigenvalue weighted by molar-refractivity contribution is -0.697. The van der Waals surface area contributed by atoms with Crippen molar-refractivity contribution in [2.24, 2.45) is 0 Å². The zero-order valence-electron chi connectivity index (χ0n) is 25.4. The van der Waals surface area contributed by atoms with Crippen molar-refractivity contribution in [1.29, 1.82) is 0 Å². The number of anilines is 1. The van der Waals surface area contributed by atoms with Crippen LogP contribution >= 0.6 is 21.6 Å². The maximum atomic E-state index is 2.33. The zero-order chi connectivity index (χ0) is 27.8. The Morgan fingerprint density at radius 2 is 1.00 bits per heavy atom. The monoisotopic (exact) mass is 569 g/mol. The van der Waals surface area contributed by atoms with E-state index >= 15 is 0 Å². The lowest BCUT2D eigenvalue weighted by Gasteiger charge is -2.11. The number of hydrogen-bond donors (Lipinski definition) is 0. The Balaban J connectivity index is 1.37. The van der Waals surface area contributed by atoms with E-state index in [1.54, 1.807) is 0 Å². The van der Waals surface area contributed by atoms with Gasteiger partial charge in [0.2, 0.25) is 0 Å². The lowest BCUT2D eigenvalue weighted by Crippen LogP contribution is -2.32. The molecular formula is C35H57N2S2+. The maximum Gasteiger partial charge on any atom is 0.169 e. The minimum atomic E-state index is 1.13. The fourth-order valence-corrected chi connectivity index (χ4v) is 7.03. The fourth-order valence-electron chi connectivity index (χ4n) is 4.73. The molecule has 0 N–H and O–H groups in total. The van der Waals surface area contributed by atoms with E-state index in [-0.39, 0.29) is 0 Å². The van der Waals surface area contributed by atoms with Crippen LogP contribution in [0.25, 0.3) is 12.2 Å². The summed E-state index contributed by atoms with van der Waals surface area (Å²) < 4.78 is 2.33. The van der Waals surface area contributed by atoms with Crippen molar-refractivity contribution >= 4 is 39.4 Å². The molecule has 0 aliphatic carbocycles. The molecule has 2 aromatic rings. The van der Waals surface area contributed by atoms with Crippen molar-refractivity contribution in [2.45, 2.75) is 116 Å². The van der Waals surface area contributed by atoms with Crippen LogP contribution in [-0.4, -0.2) is 25.6 Å². The average molecular weight is 570 g/mol. The predicted octanol–water partition coefficient (Wildman–Crippen LogP) is 10.9. The molecule has 4 heteroatoms. The van der Waals surface area contributed by atoms with E-state index < -0.39 is 0 Å². The Bertz CT molecular complexity index is 846. The van der Waals surface area contributed by atoms with Crippen LogP contribution in [0, 0.1) is 0 Å². The summed E-state index contributed by atoms with van der Waals surface area (Å²) in [4.78, 5) is 2.13. The van der Waals surface area contributed by atoms with E-state index in [1.807, 2.05) is 0 Å². The van der Waals surface area contributed by atoms with Crippen molar-refractivity contribution in [3.05, 3.63) is 59.9 Å². The summed E-state index contributed by atoms with van der Waals surface area (Å²) in [6.45, 7) is 3.42. The molecular weight excluding hydrogens is 513 g/mol. The molecule has 0 fully saturated rings. The van der Waals surface area contributed by atoms with Crippen molar-refractivity contribution in [1.82, 2.24) is 0 Å². The number of aryl methyl sites for hydroxylation is 1. The first-order valence-corrected chi connectivity index (χ1v) is 18.4. The third-order valence-corrected chi connectivity index (χ3v) is 9.93. The SMILES string of the molecule is CCCCCCCCCSSCCCCCCCCCCC[n+]1ccc(/C=C/c2ccc(N(C)C)cc2)cc1. The van der Waals surface area contributed by atoms with Crippen LogP contribution < -0.4 is 9.47 Å². The number of hydrogen-bond acceptors (Lipinski definition) is 3. The van der Waals surface area contributed by atoms with Crippen molar-refractivity contribution in [3.8, 4) is 0 Å².